The highest BCUT2D eigenvalue weighted by molar-refractivity contribution is 7.91. The number of amides is 2. The van der Waals surface area contributed by atoms with Crippen LogP contribution in [0.3, 0.4) is 0 Å². The quantitative estimate of drug-likeness (QED) is 0.100. The maximum Gasteiger partial charge on any atom is 0.227 e. The van der Waals surface area contributed by atoms with Gasteiger partial charge in [0.1, 0.15) is 57.4 Å². The van der Waals surface area contributed by atoms with Crippen LogP contribution in [0.15, 0.2) is 94.3 Å². The van der Waals surface area contributed by atoms with Gasteiger partial charge in [-0.25, -0.2) is 45.6 Å². The number of anilines is 2. The van der Waals surface area contributed by atoms with Gasteiger partial charge in [0, 0.05) is 52.4 Å². The molecule has 6 aromatic heterocycles. The Balaban J connectivity index is 0.000000182. The average Bonchev–Trinajstić information content (AvgIpc) is 2.46. The van der Waals surface area contributed by atoms with Crippen molar-refractivity contribution in [3.05, 3.63) is 120 Å². The minimum Gasteiger partial charge on any atom is -0.494 e. The summed E-state index contributed by atoms with van der Waals surface area (Å²) in [5, 5.41) is 15.3. The van der Waals surface area contributed by atoms with E-state index < -0.39 is 65.2 Å². The number of aryl methyl sites for hydroxylation is 2. The van der Waals surface area contributed by atoms with Crippen molar-refractivity contribution in [2.24, 2.45) is 11.8 Å². The van der Waals surface area contributed by atoms with Crippen LogP contribution in [-0.2, 0) is 40.8 Å². The molecule has 4 atom stereocenters. The van der Waals surface area contributed by atoms with Gasteiger partial charge >= 0.3 is 0 Å². The van der Waals surface area contributed by atoms with Crippen LogP contribution in [0.2, 0.25) is 0 Å². The molecular weight excluding hydrogens is 1190 g/mol. The van der Waals surface area contributed by atoms with Crippen molar-refractivity contribution >= 4 is 43.4 Å². The van der Waals surface area contributed by atoms with Gasteiger partial charge in [-0.15, -0.1) is 20.4 Å². The van der Waals surface area contributed by atoms with E-state index in [2.05, 4.69) is 40.3 Å². The number of rotatable bonds is 18. The number of carbonyl (C=O) groups is 2. The van der Waals surface area contributed by atoms with E-state index in [1.54, 1.807) is 103 Å². The first-order valence-electron chi connectivity index (χ1n) is 28.3. The minimum absolute atomic E-state index is 0.0219. The lowest BCUT2D eigenvalue weighted by atomic mass is 9.95. The normalized spacial score (nSPS) is 18.6. The van der Waals surface area contributed by atoms with Gasteiger partial charge in [0.25, 0.3) is 0 Å². The van der Waals surface area contributed by atoms with Crippen LogP contribution >= 0.6 is 0 Å². The lowest BCUT2D eigenvalue weighted by Gasteiger charge is -2.40. The molecule has 88 heavy (non-hydrogen) atoms. The van der Waals surface area contributed by atoms with Crippen LogP contribution in [-0.4, -0.2) is 179 Å². The van der Waals surface area contributed by atoms with Crippen LogP contribution in [0.25, 0.3) is 34.5 Å². The molecular formula is C58H64F2N14O12S2. The number of halogens is 2. The van der Waals surface area contributed by atoms with Gasteiger partial charge in [0.2, 0.25) is 35.4 Å². The van der Waals surface area contributed by atoms with Gasteiger partial charge in [0.15, 0.2) is 54.5 Å². The van der Waals surface area contributed by atoms with Gasteiger partial charge < -0.3 is 47.4 Å². The first-order chi connectivity index (χ1) is 42.4. The summed E-state index contributed by atoms with van der Waals surface area (Å²) in [5.41, 5.74) is 0.820. The molecule has 0 N–H and O–H groups in total. The standard InChI is InChI=1S/2C29H32FN7O6S/c2*1-18-8-9-24(43-18)27-34-33-25(37(27)26-22(41-2)6-4-7-23(26)42-3)17-44(39,40)21-12-19(28(38)35-10-5-11-35)15-36(16-21)29-31-13-20(30)14-32-29/h2*4,6-9,13-14,19,21H,5,10-12,15-17H2,1-3H3/t2*19-,21+/m10/s1. The van der Waals surface area contributed by atoms with Gasteiger partial charge in [-0.05, 0) is 88.1 Å². The maximum atomic E-state index is 14.2. The van der Waals surface area contributed by atoms with E-state index in [-0.39, 0.29) is 86.0 Å². The molecule has 0 saturated carbocycles. The number of para-hydroxylation sites is 2. The van der Waals surface area contributed by atoms with Crippen LogP contribution in [0, 0.1) is 37.3 Å². The zero-order chi connectivity index (χ0) is 62.0. The number of sulfone groups is 2. The summed E-state index contributed by atoms with van der Waals surface area (Å²) in [6.07, 6.45) is 6.13. The molecule has 2 amide bonds. The zero-order valence-electron chi connectivity index (χ0n) is 49.0. The number of hydrogen-bond acceptors (Lipinski definition) is 22. The number of piperidine rings is 2. The number of aromatic nitrogens is 10. The van der Waals surface area contributed by atoms with Gasteiger partial charge in [-0.1, -0.05) is 12.1 Å². The predicted molar refractivity (Wildman–Crippen MR) is 314 cm³/mol. The molecule has 4 fully saturated rings. The van der Waals surface area contributed by atoms with Crippen LogP contribution in [0.4, 0.5) is 20.7 Å². The van der Waals surface area contributed by atoms with E-state index in [4.69, 9.17) is 27.8 Å². The predicted octanol–water partition coefficient (Wildman–Crippen LogP) is 5.65. The molecule has 12 rings (SSSR count). The Labute approximate surface area is 505 Å². The fourth-order valence-corrected chi connectivity index (χ4v) is 14.7. The van der Waals surface area contributed by atoms with Gasteiger partial charge in [0.05, 0.1) is 75.6 Å². The van der Waals surface area contributed by atoms with E-state index >= 15 is 0 Å². The third-order valence-corrected chi connectivity index (χ3v) is 20.0. The molecule has 4 aliphatic rings. The molecule has 8 aromatic rings. The van der Waals surface area contributed by atoms with Crippen molar-refractivity contribution in [2.75, 3.05) is 90.6 Å². The largest absolute Gasteiger partial charge is 0.494 e. The molecule has 26 nitrogen and oxygen atoms in total. The van der Waals surface area contributed by atoms with Crippen LogP contribution < -0.4 is 28.7 Å². The topological polar surface area (TPSA) is 292 Å². The van der Waals surface area contributed by atoms with E-state index in [0.29, 0.717) is 83.6 Å². The van der Waals surface area contributed by atoms with E-state index in [1.807, 2.05) is 0 Å². The third kappa shape index (κ3) is 12.4. The zero-order valence-corrected chi connectivity index (χ0v) is 50.7. The van der Waals surface area contributed by atoms with Crippen molar-refractivity contribution in [3.8, 4) is 57.5 Å². The second kappa shape index (κ2) is 25.3. The number of carbonyl (C=O) groups excluding carboxylic acids is 2. The first kappa shape index (κ1) is 60.6. The number of hydrogen-bond donors (Lipinski definition) is 0. The summed E-state index contributed by atoms with van der Waals surface area (Å²) in [7, 11) is -1.96. The molecule has 0 unspecified atom stereocenters. The fourth-order valence-electron chi connectivity index (χ4n) is 11.3. The Hall–Kier alpha value is -9.06. The molecule has 4 aliphatic heterocycles. The van der Waals surface area contributed by atoms with Gasteiger partial charge in [-0.3, -0.25) is 18.7 Å². The van der Waals surface area contributed by atoms with Crippen LogP contribution in [0.5, 0.6) is 23.0 Å². The fraction of sp³-hybridized carbons (Fsp3) is 0.414. The molecule has 0 radical (unpaired) electrons. The Morgan fingerprint density at radius 2 is 0.875 bits per heavy atom. The summed E-state index contributed by atoms with van der Waals surface area (Å²) >= 11 is 0. The van der Waals surface area contributed by atoms with E-state index in [1.165, 1.54) is 28.4 Å². The lowest BCUT2D eigenvalue weighted by Crippen LogP contribution is -2.54. The molecule has 30 heteroatoms. The Bertz CT molecular complexity index is 3760. The van der Waals surface area contributed by atoms with Crippen molar-refractivity contribution in [1.29, 1.82) is 0 Å². The Kier molecular flexibility index (Phi) is 17.5. The summed E-state index contributed by atoms with van der Waals surface area (Å²) in [4.78, 5) is 49.6. The van der Waals surface area contributed by atoms with Crippen molar-refractivity contribution in [1.82, 2.24) is 59.3 Å². The highest BCUT2D eigenvalue weighted by atomic mass is 32.2. The smallest absolute Gasteiger partial charge is 0.227 e. The van der Waals surface area contributed by atoms with E-state index in [0.717, 1.165) is 37.6 Å². The van der Waals surface area contributed by atoms with Crippen molar-refractivity contribution < 1.29 is 63.0 Å². The molecule has 0 aliphatic carbocycles. The average molecular weight is 1250 g/mol. The number of nitrogens with zero attached hydrogens (tertiary/aromatic N) is 14. The van der Waals surface area contributed by atoms with E-state index in [9.17, 15) is 35.2 Å². The number of likely N-dealkylation sites (tertiary alicyclic amines) is 2. The highest BCUT2D eigenvalue weighted by Crippen LogP contribution is 2.40. The maximum absolute atomic E-state index is 14.2. The summed E-state index contributed by atoms with van der Waals surface area (Å²) in [6.45, 7) is 6.62. The number of benzene rings is 2. The second-order valence-corrected chi connectivity index (χ2v) is 26.2. The minimum atomic E-state index is -3.98. The molecule has 2 aromatic carbocycles. The van der Waals surface area contributed by atoms with Crippen LogP contribution in [0.1, 0.15) is 48.9 Å². The molecule has 464 valence electrons. The Morgan fingerprint density at radius 1 is 0.523 bits per heavy atom. The first-order valence-corrected chi connectivity index (χ1v) is 31.7. The monoisotopic (exact) mass is 1250 g/mol. The lowest BCUT2D eigenvalue weighted by molar-refractivity contribution is -0.140. The summed E-state index contributed by atoms with van der Waals surface area (Å²) in [5.74, 6) is 1.06. The Morgan fingerprint density at radius 3 is 1.17 bits per heavy atom. The second-order valence-electron chi connectivity index (χ2n) is 21.7. The SMILES string of the molecule is COc1cccc(OC)c1-n1c(CS(=O)(=O)[C@@H]2C[C@H](C(=O)N3CCC3)CN(c3ncc(F)cn3)C2)nnc1-c1ccc(C)o1.COc1cccc(OC)c1-n1c(CS(=O)(=O)[C@H]2C[C@@H](C(=O)N3CCC3)CN(c3ncc(F)cn3)C2)nnc1-c1ccc(C)o1. The van der Waals surface area contributed by atoms with Gasteiger partial charge in [-0.2, -0.15) is 0 Å². The van der Waals surface area contributed by atoms with Crippen molar-refractivity contribution in [2.45, 2.75) is 61.5 Å². The summed E-state index contributed by atoms with van der Waals surface area (Å²) in [6, 6.07) is 17.4. The molecule has 10 heterocycles. The molecule has 4 saturated heterocycles. The number of methoxy groups -OCH3 is 4. The highest BCUT2D eigenvalue weighted by Gasteiger charge is 2.44. The van der Waals surface area contributed by atoms with Crippen molar-refractivity contribution in [3.63, 3.8) is 0 Å². The number of ether oxygens (including phenoxy) is 4. The number of furan rings is 2. The third-order valence-electron chi connectivity index (χ3n) is 15.9. The molecule has 0 spiro atoms. The summed E-state index contributed by atoms with van der Waals surface area (Å²) < 4.78 is 121. The molecule has 0 bridgehead atoms.